The number of esters is 1. The van der Waals surface area contributed by atoms with Gasteiger partial charge in [-0.2, -0.15) is 4.31 Å². The number of carbonyl (C=O) groups is 1. The molecule has 0 unspecified atom stereocenters. The lowest BCUT2D eigenvalue weighted by molar-refractivity contribution is 0.0483. The molecule has 0 saturated carbocycles. The first-order valence-electron chi connectivity index (χ1n) is 8.74. The Bertz CT molecular complexity index is 955. The molecule has 0 aliphatic carbocycles. The first-order chi connectivity index (χ1) is 13.3. The summed E-state index contributed by atoms with van der Waals surface area (Å²) in [5, 5.41) is -0.272. The van der Waals surface area contributed by atoms with Crippen LogP contribution in [0.5, 0.6) is 0 Å². The number of ether oxygens (including phenoxy) is 1. The molecule has 10 heteroatoms. The van der Waals surface area contributed by atoms with E-state index in [1.807, 2.05) is 0 Å². The molecule has 1 aromatic heterocycles. The molecular formula is C18H20BrFN2O5S. The van der Waals surface area contributed by atoms with E-state index in [1.165, 1.54) is 22.5 Å². The Hall–Kier alpha value is -1.75. The quantitative estimate of drug-likeness (QED) is 0.598. The largest absolute Gasteiger partial charge is 0.460 e. The van der Waals surface area contributed by atoms with Crippen molar-refractivity contribution in [3.05, 3.63) is 51.9 Å². The predicted octanol–water partition coefficient (Wildman–Crippen LogP) is 2.86. The van der Waals surface area contributed by atoms with Crippen LogP contribution in [0, 0.1) is 5.82 Å². The molecule has 0 radical (unpaired) electrons. The summed E-state index contributed by atoms with van der Waals surface area (Å²) in [7, 11) is -3.82. The zero-order chi connectivity index (χ0) is 20.3. The molecule has 2 heterocycles. The molecule has 0 N–H and O–H groups in total. The Morgan fingerprint density at radius 3 is 2.57 bits per heavy atom. The van der Waals surface area contributed by atoms with Gasteiger partial charge in [0.25, 0.3) is 10.0 Å². The van der Waals surface area contributed by atoms with E-state index in [0.717, 1.165) is 5.56 Å². The normalized spacial score (nSPS) is 16.2. The Kier molecular flexibility index (Phi) is 6.54. The van der Waals surface area contributed by atoms with Crippen molar-refractivity contribution in [2.45, 2.75) is 18.6 Å². The van der Waals surface area contributed by atoms with Gasteiger partial charge in [0.1, 0.15) is 5.82 Å². The molecule has 1 aliphatic heterocycles. The molecular weight excluding hydrogens is 455 g/mol. The van der Waals surface area contributed by atoms with E-state index in [-0.39, 0.29) is 23.3 Å². The van der Waals surface area contributed by atoms with Crippen molar-refractivity contribution in [1.29, 1.82) is 0 Å². The van der Waals surface area contributed by atoms with E-state index in [4.69, 9.17) is 9.15 Å². The van der Waals surface area contributed by atoms with Crippen molar-refractivity contribution in [1.82, 2.24) is 9.21 Å². The Morgan fingerprint density at radius 1 is 1.21 bits per heavy atom. The summed E-state index contributed by atoms with van der Waals surface area (Å²) in [4.78, 5) is 13.8. The van der Waals surface area contributed by atoms with E-state index in [1.54, 1.807) is 19.1 Å². The number of nitrogens with zero attached hydrogens (tertiary/aromatic N) is 2. The van der Waals surface area contributed by atoms with Gasteiger partial charge in [-0.15, -0.1) is 0 Å². The summed E-state index contributed by atoms with van der Waals surface area (Å²) in [6.45, 7) is 4.07. The fraction of sp³-hybridized carbons (Fsp3) is 0.389. The third kappa shape index (κ3) is 4.62. The zero-order valence-corrected chi connectivity index (χ0v) is 17.6. The third-order valence-electron chi connectivity index (χ3n) is 4.37. The van der Waals surface area contributed by atoms with E-state index < -0.39 is 16.0 Å². The number of furan rings is 1. The second-order valence-corrected chi connectivity index (χ2v) is 8.99. The molecule has 1 aromatic carbocycles. The van der Waals surface area contributed by atoms with Crippen LogP contribution >= 0.6 is 15.9 Å². The van der Waals surface area contributed by atoms with E-state index >= 15 is 0 Å². The van der Waals surface area contributed by atoms with Gasteiger partial charge < -0.3 is 9.15 Å². The van der Waals surface area contributed by atoms with E-state index in [0.29, 0.717) is 37.2 Å². The number of sulfonamides is 1. The molecule has 1 fully saturated rings. The van der Waals surface area contributed by atoms with Gasteiger partial charge in [-0.05, 0) is 52.7 Å². The van der Waals surface area contributed by atoms with Crippen molar-refractivity contribution in [2.24, 2.45) is 0 Å². The Labute approximate surface area is 171 Å². The Morgan fingerprint density at radius 2 is 1.93 bits per heavy atom. The SMILES string of the molecule is CCOC(=O)c1ccc(S(=O)(=O)N2CCN(Cc3ccc(F)c(Br)c3)CC2)o1. The van der Waals surface area contributed by atoms with Crippen LogP contribution in [0.3, 0.4) is 0 Å². The molecule has 2 aromatic rings. The van der Waals surface area contributed by atoms with Gasteiger partial charge in [-0.1, -0.05) is 6.07 Å². The highest BCUT2D eigenvalue weighted by atomic mass is 79.9. The van der Waals surface area contributed by atoms with Gasteiger partial charge >= 0.3 is 5.97 Å². The molecule has 0 amide bonds. The summed E-state index contributed by atoms with van der Waals surface area (Å²) in [6, 6.07) is 7.40. The van der Waals surface area contributed by atoms with Gasteiger partial charge in [0, 0.05) is 32.7 Å². The fourth-order valence-electron chi connectivity index (χ4n) is 2.92. The summed E-state index contributed by atoms with van der Waals surface area (Å²) in [5.74, 6) is -1.15. The second kappa shape index (κ2) is 8.73. The van der Waals surface area contributed by atoms with Crippen LogP contribution in [0.15, 0.2) is 44.3 Å². The zero-order valence-electron chi connectivity index (χ0n) is 15.2. The maximum absolute atomic E-state index is 13.3. The highest BCUT2D eigenvalue weighted by molar-refractivity contribution is 9.10. The molecule has 1 aliphatic rings. The first-order valence-corrected chi connectivity index (χ1v) is 11.0. The van der Waals surface area contributed by atoms with Crippen molar-refractivity contribution in [3.63, 3.8) is 0 Å². The third-order valence-corrected chi connectivity index (χ3v) is 6.75. The van der Waals surface area contributed by atoms with Crippen LogP contribution < -0.4 is 0 Å². The predicted molar refractivity (Wildman–Crippen MR) is 103 cm³/mol. The number of hydrogen-bond donors (Lipinski definition) is 0. The lowest BCUT2D eigenvalue weighted by atomic mass is 10.2. The van der Waals surface area contributed by atoms with Gasteiger partial charge in [0.15, 0.2) is 0 Å². The van der Waals surface area contributed by atoms with Crippen LogP contribution in [0.1, 0.15) is 23.0 Å². The lowest BCUT2D eigenvalue weighted by Crippen LogP contribution is -2.48. The number of piperazine rings is 1. The maximum atomic E-state index is 13.3. The average molecular weight is 475 g/mol. The van der Waals surface area contributed by atoms with Crippen molar-refractivity contribution in [2.75, 3.05) is 32.8 Å². The van der Waals surface area contributed by atoms with Crippen molar-refractivity contribution < 1.29 is 26.8 Å². The molecule has 3 rings (SSSR count). The molecule has 0 spiro atoms. The lowest BCUT2D eigenvalue weighted by Gasteiger charge is -2.33. The van der Waals surface area contributed by atoms with Gasteiger partial charge in [0.05, 0.1) is 11.1 Å². The van der Waals surface area contributed by atoms with Crippen LogP contribution in [0.25, 0.3) is 0 Å². The van der Waals surface area contributed by atoms with Crippen LogP contribution in [-0.2, 0) is 21.3 Å². The molecule has 1 saturated heterocycles. The Balaban J connectivity index is 1.62. The number of benzene rings is 1. The molecule has 7 nitrogen and oxygen atoms in total. The minimum Gasteiger partial charge on any atom is -0.460 e. The summed E-state index contributed by atoms with van der Waals surface area (Å²) in [5.41, 5.74) is 0.940. The van der Waals surface area contributed by atoms with Crippen LogP contribution in [0.4, 0.5) is 4.39 Å². The summed E-state index contributed by atoms with van der Waals surface area (Å²) in [6.07, 6.45) is 0. The van der Waals surface area contributed by atoms with Crippen molar-refractivity contribution in [3.8, 4) is 0 Å². The standard InChI is InChI=1S/C18H20BrFN2O5S/c1-2-26-18(23)16-5-6-17(27-16)28(24,25)22-9-7-21(8-10-22)12-13-3-4-15(20)14(19)11-13/h3-6,11H,2,7-10,12H2,1H3. The smallest absolute Gasteiger partial charge is 0.374 e. The number of halogens is 2. The molecule has 28 heavy (non-hydrogen) atoms. The number of hydrogen-bond acceptors (Lipinski definition) is 6. The highest BCUT2D eigenvalue weighted by Crippen LogP contribution is 2.22. The van der Waals surface area contributed by atoms with Crippen molar-refractivity contribution >= 4 is 31.9 Å². The monoisotopic (exact) mass is 474 g/mol. The summed E-state index contributed by atoms with van der Waals surface area (Å²) >= 11 is 3.17. The maximum Gasteiger partial charge on any atom is 0.374 e. The molecule has 0 bridgehead atoms. The van der Waals surface area contributed by atoms with Crippen LogP contribution in [-0.4, -0.2) is 56.4 Å². The molecule has 152 valence electrons. The number of carbonyl (C=O) groups excluding carboxylic acids is 1. The van der Waals surface area contributed by atoms with E-state index in [9.17, 15) is 17.6 Å². The van der Waals surface area contributed by atoms with Gasteiger partial charge in [0.2, 0.25) is 10.9 Å². The minimum atomic E-state index is -3.82. The van der Waals surface area contributed by atoms with Gasteiger partial charge in [-0.3, -0.25) is 4.90 Å². The topological polar surface area (TPSA) is 80.1 Å². The first kappa shape index (κ1) is 21.0. The van der Waals surface area contributed by atoms with Crippen LogP contribution in [0.2, 0.25) is 0 Å². The second-order valence-electron chi connectivity index (χ2n) is 6.27. The number of rotatable bonds is 6. The van der Waals surface area contributed by atoms with Gasteiger partial charge in [-0.25, -0.2) is 17.6 Å². The van der Waals surface area contributed by atoms with E-state index in [2.05, 4.69) is 20.8 Å². The summed E-state index contributed by atoms with van der Waals surface area (Å²) < 4.78 is 50.6. The highest BCUT2D eigenvalue weighted by Gasteiger charge is 2.31. The molecule has 0 atom stereocenters. The minimum absolute atomic E-state index is 0.138. The fourth-order valence-corrected chi connectivity index (χ4v) is 4.68. The average Bonchev–Trinajstić information content (AvgIpc) is 3.17.